The van der Waals surface area contributed by atoms with Gasteiger partial charge in [-0.3, -0.25) is 57.7 Å². The summed E-state index contributed by atoms with van der Waals surface area (Å²) in [6.45, 7) is 15.2. The van der Waals surface area contributed by atoms with E-state index in [4.69, 9.17) is 11.5 Å². The van der Waals surface area contributed by atoms with Gasteiger partial charge in [-0.25, -0.2) is 0 Å². The van der Waals surface area contributed by atoms with Crippen molar-refractivity contribution in [3.8, 4) is 0 Å². The van der Waals surface area contributed by atoms with Gasteiger partial charge in [0.2, 0.25) is 23.6 Å². The van der Waals surface area contributed by atoms with E-state index in [-0.39, 0.29) is 34.1 Å². The number of aliphatic imine (C=N–C) groups is 2. The number of amidine groups is 2. The van der Waals surface area contributed by atoms with E-state index in [0.717, 1.165) is 45.7 Å². The lowest BCUT2D eigenvalue weighted by Crippen LogP contribution is -2.26. The van der Waals surface area contributed by atoms with E-state index < -0.39 is 0 Å². The minimum atomic E-state index is -0.229. The summed E-state index contributed by atoms with van der Waals surface area (Å²) in [5.74, 6) is 2.19. The number of imide groups is 2. The first-order valence-corrected chi connectivity index (χ1v) is 23.6. The molecule has 4 aromatic heterocycles. The molecular weight excluding hydrogens is 945 g/mol. The monoisotopic (exact) mass is 1020 g/mol. The number of rotatable bonds is 10. The van der Waals surface area contributed by atoms with Crippen LogP contribution in [0.2, 0.25) is 0 Å². The van der Waals surface area contributed by atoms with E-state index in [0.29, 0.717) is 37.4 Å². The number of aryl methyl sites for hydroxylation is 8. The molecule has 0 aliphatic carbocycles. The van der Waals surface area contributed by atoms with E-state index in [1.54, 1.807) is 45.2 Å². The molecule has 0 radical (unpaired) electrons. The fourth-order valence-electron chi connectivity index (χ4n) is 4.51. The molecule has 2 atom stereocenters. The van der Waals surface area contributed by atoms with Gasteiger partial charge in [0, 0.05) is 106 Å². The lowest BCUT2D eigenvalue weighted by molar-refractivity contribution is -0.138. The number of carbonyl (C=O) groups excluding carboxylic acids is 4. The maximum absolute atomic E-state index is 11.5. The first kappa shape index (κ1) is 65.5. The Kier molecular flexibility index (Phi) is 34.9. The summed E-state index contributed by atoms with van der Waals surface area (Å²) >= 11 is 2.94. The van der Waals surface area contributed by atoms with Gasteiger partial charge in [-0.2, -0.15) is 0 Å². The van der Waals surface area contributed by atoms with E-state index >= 15 is 0 Å². The maximum atomic E-state index is 11.5. The second-order valence-corrected chi connectivity index (χ2v) is 17.8. The summed E-state index contributed by atoms with van der Waals surface area (Å²) in [7, 11) is 16.8. The maximum Gasteiger partial charge on any atom is 0.242 e. The topological polar surface area (TPSA) is 318 Å². The summed E-state index contributed by atoms with van der Waals surface area (Å²) in [5, 5.41) is 36.1. The number of carbonyl (C=O) groups is 4. The zero-order chi connectivity index (χ0) is 53.9. The predicted octanol–water partition coefficient (Wildman–Crippen LogP) is 2.26. The Hall–Kier alpha value is -6.58. The summed E-state index contributed by atoms with van der Waals surface area (Å²) in [6, 6.07) is 0. The number of oxime groups is 2. The third-order valence-corrected chi connectivity index (χ3v) is 10.9. The average molecular weight is 1020 g/mol. The molecule has 0 bridgehead atoms. The first-order chi connectivity index (χ1) is 32.8. The molecule has 4 amide bonds. The van der Waals surface area contributed by atoms with Crippen molar-refractivity contribution in [3.05, 3.63) is 47.6 Å². The van der Waals surface area contributed by atoms with Crippen LogP contribution in [0, 0.1) is 27.7 Å². The van der Waals surface area contributed by atoms with Crippen molar-refractivity contribution in [2.75, 3.05) is 53.9 Å². The Morgan fingerprint density at radius 2 is 0.943 bits per heavy atom. The van der Waals surface area contributed by atoms with Crippen LogP contribution in [-0.4, -0.2) is 181 Å². The summed E-state index contributed by atoms with van der Waals surface area (Å²) in [5.41, 5.74) is 17.0. The number of aromatic nitrogens is 12. The fourth-order valence-corrected chi connectivity index (χ4v) is 6.86. The number of hydrogen-bond donors (Lipinski definition) is 2. The van der Waals surface area contributed by atoms with Crippen molar-refractivity contribution in [2.24, 2.45) is 60.0 Å². The van der Waals surface area contributed by atoms with E-state index in [1.165, 1.54) is 61.6 Å². The van der Waals surface area contributed by atoms with Crippen molar-refractivity contribution in [1.82, 2.24) is 69.8 Å². The molecule has 392 valence electrons. The van der Waals surface area contributed by atoms with Crippen LogP contribution in [-0.2, 0) is 57.0 Å². The van der Waals surface area contributed by atoms with Crippen LogP contribution in [0.1, 0.15) is 76.2 Å². The Labute approximate surface area is 420 Å². The average Bonchev–Trinajstić information content (AvgIpc) is 4.17. The number of nitrogens with zero attached hydrogens (tertiary/aromatic N) is 18. The van der Waals surface area contributed by atoms with Crippen LogP contribution in [0.3, 0.4) is 0 Å². The Balaban J connectivity index is 0. The third-order valence-electron chi connectivity index (χ3n) is 8.47. The van der Waals surface area contributed by atoms with Crippen molar-refractivity contribution in [3.63, 3.8) is 0 Å². The van der Waals surface area contributed by atoms with Crippen LogP contribution in [0.4, 0.5) is 0 Å². The highest BCUT2D eigenvalue weighted by Crippen LogP contribution is 2.25. The number of likely N-dealkylation sites (tertiary alicyclic amines) is 2. The Morgan fingerprint density at radius 1 is 0.614 bits per heavy atom. The smallest absolute Gasteiger partial charge is 0.242 e. The lowest BCUT2D eigenvalue weighted by Gasteiger charge is -2.07. The molecular formula is C42H76N20O6S2. The van der Waals surface area contributed by atoms with Gasteiger partial charge >= 0.3 is 0 Å². The molecule has 2 aliphatic rings. The fraction of sp³-hybridized carbons (Fsp3) is 0.619. The molecule has 2 saturated heterocycles. The van der Waals surface area contributed by atoms with Gasteiger partial charge in [0.15, 0.2) is 0 Å². The summed E-state index contributed by atoms with van der Waals surface area (Å²) in [6.07, 6.45) is 9.10. The molecule has 0 spiro atoms. The van der Waals surface area contributed by atoms with Gasteiger partial charge in [0.25, 0.3) is 0 Å². The van der Waals surface area contributed by atoms with Crippen LogP contribution in [0.15, 0.2) is 45.1 Å². The van der Waals surface area contributed by atoms with Crippen molar-refractivity contribution in [1.29, 1.82) is 0 Å². The molecule has 2 aliphatic heterocycles. The van der Waals surface area contributed by atoms with Gasteiger partial charge in [-0.05, 0) is 55.4 Å². The van der Waals surface area contributed by atoms with Gasteiger partial charge in [0.1, 0.15) is 14.2 Å². The molecule has 26 nitrogen and oxygen atoms in total. The molecule has 4 aromatic rings. The van der Waals surface area contributed by atoms with Gasteiger partial charge < -0.3 is 21.1 Å². The van der Waals surface area contributed by atoms with Crippen LogP contribution in [0.25, 0.3) is 0 Å². The van der Waals surface area contributed by atoms with E-state index in [1.807, 2.05) is 96.0 Å². The minimum Gasteiger partial charge on any atom is -0.399 e. The molecule has 28 heteroatoms. The largest absolute Gasteiger partial charge is 0.399 e. The minimum absolute atomic E-state index is 0.1000. The number of hydrogen-bond acceptors (Lipinski definition) is 20. The van der Waals surface area contributed by atoms with Gasteiger partial charge in [0.05, 0.1) is 68.8 Å². The number of nitrogens with two attached hydrogens (primary N) is 2. The molecule has 2 fully saturated rings. The SMILES string of the molecule is CN=C(N)CCSC1CC(=O)N(C)C1=O.CN=C(N)CCSC1CC(=O)N(C)C1=O.CON=C(C)C.CON=C(C)C.Cc1cn(C)nn1.Cc1cn(C)nn1.Cc1cnnn1C.Cc1cnnn1C. The van der Waals surface area contributed by atoms with Crippen LogP contribution >= 0.6 is 23.5 Å². The number of thioether (sulfide) groups is 2. The van der Waals surface area contributed by atoms with Crippen molar-refractivity contribution >= 4 is 70.2 Å². The van der Waals surface area contributed by atoms with Gasteiger partial charge in [-0.1, -0.05) is 31.2 Å². The zero-order valence-corrected chi connectivity index (χ0v) is 45.8. The normalized spacial score (nSPS) is 14.7. The van der Waals surface area contributed by atoms with E-state index in [9.17, 15) is 19.2 Å². The molecule has 0 saturated carbocycles. The number of amides is 4. The highest BCUT2D eigenvalue weighted by molar-refractivity contribution is 8.00. The van der Waals surface area contributed by atoms with Crippen LogP contribution < -0.4 is 11.5 Å². The Morgan fingerprint density at radius 3 is 1.07 bits per heavy atom. The van der Waals surface area contributed by atoms with E-state index in [2.05, 4.69) is 71.2 Å². The summed E-state index contributed by atoms with van der Waals surface area (Å²) < 4.78 is 6.80. The second kappa shape index (κ2) is 37.3. The quantitative estimate of drug-likeness (QED) is 0.0996. The highest BCUT2D eigenvalue weighted by Gasteiger charge is 2.36. The molecule has 6 rings (SSSR count). The van der Waals surface area contributed by atoms with Crippen LogP contribution in [0.5, 0.6) is 0 Å². The standard InChI is InChI=1S/2C9H15N3O2S.4C4H7N3.2C4H9NO/c2*1-11-7(10)3-4-15-6-5-8(13)12(2)9(6)14;2*1-4-3-7(2)6-5-4;2*1-4-3-5-6-7(4)2;2*1-4(2)5-6-3/h2*6H,3-5H2,1-2H3,(H2,10,11);4*3H,1-2H3;2*1-3H3. The second-order valence-electron chi connectivity index (χ2n) is 15.1. The first-order valence-electron chi connectivity index (χ1n) is 21.5. The highest BCUT2D eigenvalue weighted by atomic mass is 32.2. The molecule has 6 heterocycles. The Bertz CT molecular complexity index is 2020. The predicted molar refractivity (Wildman–Crippen MR) is 276 cm³/mol. The zero-order valence-electron chi connectivity index (χ0n) is 44.2. The molecule has 4 N–H and O–H groups in total. The van der Waals surface area contributed by atoms with Crippen molar-refractivity contribution < 1.29 is 28.9 Å². The van der Waals surface area contributed by atoms with Crippen molar-refractivity contribution in [2.45, 2.75) is 91.6 Å². The lowest BCUT2D eigenvalue weighted by atomic mass is 10.4. The third kappa shape index (κ3) is 30.7. The molecule has 70 heavy (non-hydrogen) atoms. The van der Waals surface area contributed by atoms with Gasteiger partial charge in [-0.15, -0.1) is 43.9 Å². The summed E-state index contributed by atoms with van der Waals surface area (Å²) in [4.78, 5) is 64.2. The molecule has 0 aromatic carbocycles. The molecule has 2 unspecified atom stereocenters.